The third kappa shape index (κ3) is 5.96. The number of carbonyl (C=O) groups is 2. The average molecular weight is 494 g/mol. The van der Waals surface area contributed by atoms with Gasteiger partial charge in [0, 0.05) is 24.2 Å². The Morgan fingerprint density at radius 1 is 1.09 bits per heavy atom. The summed E-state index contributed by atoms with van der Waals surface area (Å²) in [7, 11) is -3.90. The number of ether oxygens (including phenoxy) is 2. The Kier molecular flexibility index (Phi) is 7.65. The molecule has 0 saturated carbocycles. The molecule has 2 amide bonds. The van der Waals surface area contributed by atoms with Crippen molar-refractivity contribution in [2.24, 2.45) is 0 Å². The first-order chi connectivity index (χ1) is 16.0. The maximum atomic E-state index is 14.4. The number of fused-ring (bicyclic) bond motifs is 1. The van der Waals surface area contributed by atoms with Crippen LogP contribution in [0.4, 0.5) is 10.1 Å². The molecule has 0 saturated heterocycles. The van der Waals surface area contributed by atoms with Crippen LogP contribution in [0.25, 0.3) is 0 Å². The van der Waals surface area contributed by atoms with Crippen LogP contribution in [0, 0.1) is 5.82 Å². The Balaban J connectivity index is 1.92. The van der Waals surface area contributed by atoms with Crippen molar-refractivity contribution in [2.75, 3.05) is 23.9 Å². The highest BCUT2D eigenvalue weighted by molar-refractivity contribution is 7.92. The predicted molar refractivity (Wildman–Crippen MR) is 124 cm³/mol. The van der Waals surface area contributed by atoms with Gasteiger partial charge in [-0.2, -0.15) is 0 Å². The second-order valence-corrected chi connectivity index (χ2v) is 10.2. The van der Waals surface area contributed by atoms with Gasteiger partial charge in [-0.3, -0.25) is 13.9 Å². The minimum Gasteiger partial charge on any atom is -0.454 e. The van der Waals surface area contributed by atoms with E-state index in [4.69, 9.17) is 9.47 Å². The summed E-state index contributed by atoms with van der Waals surface area (Å²) in [4.78, 5) is 27.3. The van der Waals surface area contributed by atoms with Crippen LogP contribution in [-0.4, -0.2) is 56.8 Å². The van der Waals surface area contributed by atoms with Crippen LogP contribution >= 0.6 is 0 Å². The Labute approximate surface area is 198 Å². The van der Waals surface area contributed by atoms with Crippen LogP contribution < -0.4 is 19.1 Å². The van der Waals surface area contributed by atoms with Gasteiger partial charge in [-0.25, -0.2) is 12.8 Å². The summed E-state index contributed by atoms with van der Waals surface area (Å²) < 4.78 is 51.0. The fraction of sp³-hybridized carbons (Fsp3) is 0.391. The lowest BCUT2D eigenvalue weighted by atomic mass is 10.1. The molecule has 0 radical (unpaired) electrons. The zero-order valence-electron chi connectivity index (χ0n) is 19.4. The van der Waals surface area contributed by atoms with Crippen LogP contribution in [0.2, 0.25) is 0 Å². The fourth-order valence-corrected chi connectivity index (χ4v) is 4.29. The van der Waals surface area contributed by atoms with Gasteiger partial charge in [-0.15, -0.1) is 0 Å². The average Bonchev–Trinajstić information content (AvgIpc) is 3.23. The molecule has 0 bridgehead atoms. The van der Waals surface area contributed by atoms with E-state index in [2.05, 4.69) is 5.32 Å². The Hall–Kier alpha value is -3.34. The molecule has 2 aromatic rings. The van der Waals surface area contributed by atoms with Crippen molar-refractivity contribution in [1.82, 2.24) is 10.2 Å². The third-order valence-electron chi connectivity index (χ3n) is 5.22. The molecule has 1 atom stereocenters. The quantitative estimate of drug-likeness (QED) is 0.575. The molecule has 2 aromatic carbocycles. The first-order valence-electron chi connectivity index (χ1n) is 10.7. The van der Waals surface area contributed by atoms with Crippen molar-refractivity contribution < 1.29 is 31.9 Å². The number of nitrogens with zero attached hydrogens (tertiary/aromatic N) is 2. The van der Waals surface area contributed by atoms with E-state index in [0.717, 1.165) is 10.6 Å². The van der Waals surface area contributed by atoms with E-state index in [-0.39, 0.29) is 30.6 Å². The van der Waals surface area contributed by atoms with Gasteiger partial charge in [0.25, 0.3) is 0 Å². The molecule has 1 N–H and O–H groups in total. The number of nitrogens with one attached hydrogen (secondary N) is 1. The summed E-state index contributed by atoms with van der Waals surface area (Å²) in [6.07, 6.45) is 0.973. The molecular weight excluding hydrogens is 465 g/mol. The van der Waals surface area contributed by atoms with Gasteiger partial charge in [0.2, 0.25) is 28.6 Å². The van der Waals surface area contributed by atoms with Crippen LogP contribution in [-0.2, 0) is 26.2 Å². The molecule has 0 spiro atoms. The van der Waals surface area contributed by atoms with Gasteiger partial charge >= 0.3 is 0 Å². The molecule has 1 aliphatic heterocycles. The number of carbonyl (C=O) groups excluding carboxylic acids is 2. The van der Waals surface area contributed by atoms with Crippen molar-refractivity contribution in [3.05, 3.63) is 53.8 Å². The number of hydrogen-bond donors (Lipinski definition) is 1. The van der Waals surface area contributed by atoms with E-state index in [1.165, 1.54) is 42.2 Å². The van der Waals surface area contributed by atoms with Gasteiger partial charge in [0.1, 0.15) is 18.4 Å². The summed E-state index contributed by atoms with van der Waals surface area (Å²) in [6, 6.07) is 9.26. The molecule has 9 nitrogen and oxygen atoms in total. The fourth-order valence-electron chi connectivity index (χ4n) is 3.45. The highest BCUT2D eigenvalue weighted by Gasteiger charge is 2.31. The lowest BCUT2D eigenvalue weighted by molar-refractivity contribution is -0.139. The van der Waals surface area contributed by atoms with Gasteiger partial charge in [-0.05, 0) is 39.0 Å². The number of sulfonamides is 1. The molecule has 0 unspecified atom stereocenters. The van der Waals surface area contributed by atoms with Gasteiger partial charge in [-0.1, -0.05) is 18.2 Å². The zero-order chi connectivity index (χ0) is 25.0. The van der Waals surface area contributed by atoms with E-state index in [9.17, 15) is 22.4 Å². The minimum absolute atomic E-state index is 0.00941. The van der Waals surface area contributed by atoms with Crippen molar-refractivity contribution in [2.45, 2.75) is 39.4 Å². The number of rotatable bonds is 9. The SMILES string of the molecule is CC(C)NC(=O)[C@H](C)N(Cc1ccccc1F)C(=O)CN(c1ccc2c(c1)OCO2)S(C)(=O)=O. The number of benzene rings is 2. The summed E-state index contributed by atoms with van der Waals surface area (Å²) in [5, 5.41) is 2.73. The normalized spacial score (nSPS) is 13.5. The van der Waals surface area contributed by atoms with Crippen LogP contribution in [0.5, 0.6) is 11.5 Å². The second-order valence-electron chi connectivity index (χ2n) is 8.26. The molecule has 0 aliphatic carbocycles. The van der Waals surface area contributed by atoms with Crippen molar-refractivity contribution >= 4 is 27.5 Å². The summed E-state index contributed by atoms with van der Waals surface area (Å²) in [5.74, 6) is -0.825. The summed E-state index contributed by atoms with van der Waals surface area (Å²) in [5.41, 5.74) is 0.402. The second kappa shape index (κ2) is 10.3. The predicted octanol–water partition coefficient (Wildman–Crippen LogP) is 2.26. The minimum atomic E-state index is -3.90. The molecule has 0 fully saturated rings. The molecule has 1 aliphatic rings. The molecular formula is C23H28FN3O6S. The van der Waals surface area contributed by atoms with E-state index in [0.29, 0.717) is 11.5 Å². The first-order valence-corrected chi connectivity index (χ1v) is 12.5. The summed E-state index contributed by atoms with van der Waals surface area (Å²) >= 11 is 0. The first kappa shape index (κ1) is 25.3. The standard InChI is InChI=1S/C23H28FN3O6S/c1-15(2)25-23(29)16(3)26(12-17-7-5-6-8-19(17)24)22(28)13-27(34(4,30)31)18-9-10-20-21(11-18)33-14-32-20/h5-11,15-16H,12-14H2,1-4H3,(H,25,29)/t16-/m0/s1. The zero-order valence-corrected chi connectivity index (χ0v) is 20.3. The molecule has 34 heavy (non-hydrogen) atoms. The largest absolute Gasteiger partial charge is 0.454 e. The van der Waals surface area contributed by atoms with E-state index in [1.54, 1.807) is 26.0 Å². The highest BCUT2D eigenvalue weighted by Crippen LogP contribution is 2.36. The van der Waals surface area contributed by atoms with Crippen LogP contribution in [0.15, 0.2) is 42.5 Å². The van der Waals surface area contributed by atoms with Crippen LogP contribution in [0.1, 0.15) is 26.3 Å². The van der Waals surface area contributed by atoms with Gasteiger partial charge in [0.05, 0.1) is 11.9 Å². The maximum Gasteiger partial charge on any atom is 0.244 e. The Morgan fingerprint density at radius 2 is 1.76 bits per heavy atom. The van der Waals surface area contributed by atoms with E-state index >= 15 is 0 Å². The van der Waals surface area contributed by atoms with Gasteiger partial charge < -0.3 is 19.7 Å². The molecule has 184 valence electrons. The monoisotopic (exact) mass is 493 g/mol. The lowest BCUT2D eigenvalue weighted by Gasteiger charge is -2.32. The maximum absolute atomic E-state index is 14.4. The Bertz CT molecular complexity index is 1170. The smallest absolute Gasteiger partial charge is 0.244 e. The molecule has 0 aromatic heterocycles. The highest BCUT2D eigenvalue weighted by atomic mass is 32.2. The summed E-state index contributed by atoms with van der Waals surface area (Å²) in [6.45, 7) is 4.28. The lowest BCUT2D eigenvalue weighted by Crippen LogP contribution is -2.52. The molecule has 11 heteroatoms. The van der Waals surface area contributed by atoms with Crippen molar-refractivity contribution in [1.29, 1.82) is 0 Å². The topological polar surface area (TPSA) is 105 Å². The number of halogens is 1. The van der Waals surface area contributed by atoms with E-state index in [1.807, 2.05) is 0 Å². The van der Waals surface area contributed by atoms with Crippen LogP contribution in [0.3, 0.4) is 0 Å². The van der Waals surface area contributed by atoms with Gasteiger partial charge in [0.15, 0.2) is 11.5 Å². The van der Waals surface area contributed by atoms with E-state index < -0.39 is 40.2 Å². The van der Waals surface area contributed by atoms with Crippen molar-refractivity contribution in [3.63, 3.8) is 0 Å². The van der Waals surface area contributed by atoms with Crippen molar-refractivity contribution in [3.8, 4) is 11.5 Å². The number of hydrogen-bond acceptors (Lipinski definition) is 6. The Morgan fingerprint density at radius 3 is 2.41 bits per heavy atom. The third-order valence-corrected chi connectivity index (χ3v) is 6.36. The molecule has 3 rings (SSSR count). The number of amides is 2. The molecule has 1 heterocycles. The number of anilines is 1.